The van der Waals surface area contributed by atoms with Crippen molar-refractivity contribution in [1.29, 1.82) is 0 Å². The highest BCUT2D eigenvalue weighted by Gasteiger charge is 2.11. The molecular weight excluding hydrogens is 268 g/mol. The molecule has 1 rings (SSSR count). The summed E-state index contributed by atoms with van der Waals surface area (Å²) in [7, 11) is 0. The summed E-state index contributed by atoms with van der Waals surface area (Å²) >= 11 is 3.40. The lowest BCUT2D eigenvalue weighted by atomic mass is 10.00. The monoisotopic (exact) mass is 286 g/mol. The van der Waals surface area contributed by atoms with Crippen LogP contribution in [0, 0.1) is 5.92 Å². The van der Waals surface area contributed by atoms with Crippen LogP contribution >= 0.6 is 15.9 Å². The van der Waals surface area contributed by atoms with E-state index in [1.807, 2.05) is 31.2 Å². The second kappa shape index (κ2) is 6.92. The van der Waals surface area contributed by atoms with Gasteiger partial charge in [-0.3, -0.25) is 0 Å². The molecule has 0 spiro atoms. The highest BCUT2D eigenvalue weighted by atomic mass is 79.9. The Kier molecular flexibility index (Phi) is 5.85. The zero-order valence-electron chi connectivity index (χ0n) is 9.82. The Morgan fingerprint density at radius 3 is 2.81 bits per heavy atom. The predicted octanol–water partition coefficient (Wildman–Crippen LogP) is 3.63. The first-order valence-corrected chi connectivity index (χ1v) is 6.49. The smallest absolute Gasteiger partial charge is 0.120 e. The molecule has 0 amide bonds. The molecule has 90 valence electrons. The molecule has 1 N–H and O–H groups in total. The van der Waals surface area contributed by atoms with Gasteiger partial charge in [-0.25, -0.2) is 0 Å². The third-order valence-corrected chi connectivity index (χ3v) is 3.21. The van der Waals surface area contributed by atoms with Crippen molar-refractivity contribution in [2.24, 2.45) is 5.92 Å². The summed E-state index contributed by atoms with van der Waals surface area (Å²) in [5, 5.41) is 9.60. The number of aliphatic hydroxyl groups excluding tert-OH is 1. The molecule has 0 aliphatic heterocycles. The van der Waals surface area contributed by atoms with E-state index in [4.69, 9.17) is 4.74 Å². The van der Waals surface area contributed by atoms with Crippen molar-refractivity contribution in [2.75, 3.05) is 6.61 Å². The van der Waals surface area contributed by atoms with Crippen LogP contribution in [0.5, 0.6) is 5.75 Å². The first kappa shape index (κ1) is 13.5. The molecule has 0 aromatic heterocycles. The minimum Gasteiger partial charge on any atom is -0.494 e. The van der Waals surface area contributed by atoms with E-state index in [2.05, 4.69) is 22.9 Å². The van der Waals surface area contributed by atoms with Crippen molar-refractivity contribution < 1.29 is 9.84 Å². The topological polar surface area (TPSA) is 29.5 Å². The predicted molar refractivity (Wildman–Crippen MR) is 69.7 cm³/mol. The maximum atomic E-state index is 9.60. The van der Waals surface area contributed by atoms with Gasteiger partial charge in [0.25, 0.3) is 0 Å². The number of hydrogen-bond donors (Lipinski definition) is 1. The van der Waals surface area contributed by atoms with Crippen LogP contribution in [-0.4, -0.2) is 17.8 Å². The molecule has 1 aromatic carbocycles. The van der Waals surface area contributed by atoms with Gasteiger partial charge in [0.05, 0.1) is 12.7 Å². The Hall–Kier alpha value is -0.540. The number of rotatable bonds is 6. The lowest BCUT2D eigenvalue weighted by Crippen LogP contribution is -2.18. The van der Waals surface area contributed by atoms with Gasteiger partial charge in [0.15, 0.2) is 0 Å². The standard InChI is InChI=1S/C13H19BrO2/c1-3-13(15)10(2)7-8-16-12-6-4-5-11(14)9-12/h4-6,9-10,13,15H,3,7-8H2,1-2H3. The summed E-state index contributed by atoms with van der Waals surface area (Å²) in [4.78, 5) is 0. The van der Waals surface area contributed by atoms with E-state index in [9.17, 15) is 5.11 Å². The molecule has 0 fully saturated rings. The van der Waals surface area contributed by atoms with E-state index in [1.165, 1.54) is 0 Å². The molecule has 0 saturated carbocycles. The number of benzene rings is 1. The second-order valence-corrected chi connectivity index (χ2v) is 4.96. The van der Waals surface area contributed by atoms with Crippen molar-refractivity contribution in [3.63, 3.8) is 0 Å². The number of aliphatic hydroxyl groups is 1. The van der Waals surface area contributed by atoms with Gasteiger partial charge in [-0.15, -0.1) is 0 Å². The average Bonchev–Trinajstić information content (AvgIpc) is 2.28. The molecule has 0 radical (unpaired) electrons. The average molecular weight is 287 g/mol. The fraction of sp³-hybridized carbons (Fsp3) is 0.538. The van der Waals surface area contributed by atoms with Crippen LogP contribution < -0.4 is 4.74 Å². The molecule has 2 nitrogen and oxygen atoms in total. The summed E-state index contributed by atoms with van der Waals surface area (Å²) in [6.45, 7) is 4.70. The molecular formula is C13H19BrO2. The minimum atomic E-state index is -0.217. The maximum Gasteiger partial charge on any atom is 0.120 e. The van der Waals surface area contributed by atoms with E-state index in [1.54, 1.807) is 0 Å². The van der Waals surface area contributed by atoms with Gasteiger partial charge in [-0.05, 0) is 37.0 Å². The first-order chi connectivity index (χ1) is 7.63. The first-order valence-electron chi connectivity index (χ1n) is 5.70. The normalized spacial score (nSPS) is 14.5. The highest BCUT2D eigenvalue weighted by Crippen LogP contribution is 2.19. The Labute approximate surface area is 106 Å². The van der Waals surface area contributed by atoms with Gasteiger partial charge in [0.2, 0.25) is 0 Å². The van der Waals surface area contributed by atoms with Gasteiger partial charge in [0, 0.05) is 4.47 Å². The molecule has 2 unspecified atom stereocenters. The second-order valence-electron chi connectivity index (χ2n) is 4.05. The summed E-state index contributed by atoms with van der Waals surface area (Å²) < 4.78 is 6.63. The summed E-state index contributed by atoms with van der Waals surface area (Å²) in [6.07, 6.45) is 1.46. The van der Waals surface area contributed by atoms with Crippen molar-refractivity contribution >= 4 is 15.9 Å². The SMILES string of the molecule is CCC(O)C(C)CCOc1cccc(Br)c1. The number of halogens is 1. The van der Waals surface area contributed by atoms with Gasteiger partial charge >= 0.3 is 0 Å². The molecule has 0 bridgehead atoms. The Morgan fingerprint density at radius 2 is 2.19 bits per heavy atom. The van der Waals surface area contributed by atoms with Gasteiger partial charge in [-0.2, -0.15) is 0 Å². The van der Waals surface area contributed by atoms with Crippen LogP contribution in [0.25, 0.3) is 0 Å². The quantitative estimate of drug-likeness (QED) is 0.865. The molecule has 0 aliphatic rings. The maximum absolute atomic E-state index is 9.60. The highest BCUT2D eigenvalue weighted by molar-refractivity contribution is 9.10. The van der Waals surface area contributed by atoms with Crippen LogP contribution in [0.1, 0.15) is 26.7 Å². The molecule has 0 saturated heterocycles. The lowest BCUT2D eigenvalue weighted by molar-refractivity contribution is 0.0981. The fourth-order valence-corrected chi connectivity index (χ4v) is 1.89. The van der Waals surface area contributed by atoms with Crippen molar-refractivity contribution in [1.82, 2.24) is 0 Å². The lowest BCUT2D eigenvalue weighted by Gasteiger charge is -2.17. The summed E-state index contributed by atoms with van der Waals surface area (Å²) in [5.41, 5.74) is 0. The Bertz CT molecular complexity index is 315. The van der Waals surface area contributed by atoms with Crippen LogP contribution in [0.2, 0.25) is 0 Å². The van der Waals surface area contributed by atoms with Crippen LogP contribution in [0.15, 0.2) is 28.7 Å². The fourth-order valence-electron chi connectivity index (χ4n) is 1.51. The molecule has 0 aliphatic carbocycles. The molecule has 3 heteroatoms. The van der Waals surface area contributed by atoms with E-state index in [0.29, 0.717) is 6.61 Å². The van der Waals surface area contributed by atoms with Gasteiger partial charge < -0.3 is 9.84 Å². The van der Waals surface area contributed by atoms with E-state index < -0.39 is 0 Å². The zero-order valence-corrected chi connectivity index (χ0v) is 11.4. The zero-order chi connectivity index (χ0) is 12.0. The van der Waals surface area contributed by atoms with Crippen molar-refractivity contribution in [3.8, 4) is 5.75 Å². The third kappa shape index (κ3) is 4.54. The molecule has 16 heavy (non-hydrogen) atoms. The van der Waals surface area contributed by atoms with Crippen molar-refractivity contribution in [2.45, 2.75) is 32.8 Å². The van der Waals surface area contributed by atoms with Gasteiger partial charge in [-0.1, -0.05) is 35.8 Å². The number of ether oxygens (including phenoxy) is 1. The summed E-state index contributed by atoms with van der Waals surface area (Å²) in [6, 6.07) is 7.80. The van der Waals surface area contributed by atoms with Gasteiger partial charge in [0.1, 0.15) is 5.75 Å². The Balaban J connectivity index is 2.30. The van der Waals surface area contributed by atoms with E-state index in [-0.39, 0.29) is 12.0 Å². The molecule has 2 atom stereocenters. The molecule has 1 aromatic rings. The largest absolute Gasteiger partial charge is 0.494 e. The van der Waals surface area contributed by atoms with E-state index >= 15 is 0 Å². The van der Waals surface area contributed by atoms with Crippen LogP contribution in [0.3, 0.4) is 0 Å². The van der Waals surface area contributed by atoms with E-state index in [0.717, 1.165) is 23.1 Å². The number of hydrogen-bond acceptors (Lipinski definition) is 2. The minimum absolute atomic E-state index is 0.217. The summed E-state index contributed by atoms with van der Waals surface area (Å²) in [5.74, 6) is 1.16. The van der Waals surface area contributed by atoms with Crippen molar-refractivity contribution in [3.05, 3.63) is 28.7 Å². The Morgan fingerprint density at radius 1 is 1.44 bits per heavy atom. The van der Waals surface area contributed by atoms with Crippen LogP contribution in [-0.2, 0) is 0 Å². The third-order valence-electron chi connectivity index (χ3n) is 2.71. The van der Waals surface area contributed by atoms with Crippen LogP contribution in [0.4, 0.5) is 0 Å². The molecule has 0 heterocycles.